The first-order valence-electron chi connectivity index (χ1n) is 6.10. The number of nitrogen functional groups attached to an aromatic ring is 2. The minimum absolute atomic E-state index is 0.511. The number of nitrogens with zero attached hydrogens (tertiary/aromatic N) is 3. The van der Waals surface area contributed by atoms with Crippen LogP contribution in [-0.4, -0.2) is 9.78 Å². The smallest absolute Gasteiger partial charge is 0.212 e. The molecular formula is C14H16N5+. The molecule has 0 aliphatic heterocycles. The number of aromatic nitrogens is 3. The van der Waals surface area contributed by atoms with Crippen LogP contribution in [0.5, 0.6) is 0 Å². The molecule has 2 heterocycles. The van der Waals surface area contributed by atoms with Crippen molar-refractivity contribution in [3.8, 4) is 0 Å². The van der Waals surface area contributed by atoms with E-state index in [1.54, 1.807) is 10.9 Å². The lowest BCUT2D eigenvalue weighted by Crippen LogP contribution is -2.28. The fourth-order valence-corrected chi connectivity index (χ4v) is 2.26. The van der Waals surface area contributed by atoms with Crippen molar-refractivity contribution >= 4 is 22.4 Å². The molecule has 5 heteroatoms. The van der Waals surface area contributed by atoms with Gasteiger partial charge in [-0.2, -0.15) is 5.10 Å². The van der Waals surface area contributed by atoms with Gasteiger partial charge in [-0.05, 0) is 11.6 Å². The highest BCUT2D eigenvalue weighted by molar-refractivity contribution is 5.79. The van der Waals surface area contributed by atoms with E-state index in [1.165, 1.54) is 16.5 Å². The Morgan fingerprint density at radius 1 is 1.21 bits per heavy atom. The van der Waals surface area contributed by atoms with Crippen LogP contribution in [0.15, 0.2) is 42.7 Å². The second-order valence-electron chi connectivity index (χ2n) is 4.61. The van der Waals surface area contributed by atoms with Crippen LogP contribution in [0, 0.1) is 0 Å². The van der Waals surface area contributed by atoms with E-state index in [2.05, 4.69) is 27.9 Å². The molecule has 3 aromatic rings. The third-order valence-corrected chi connectivity index (χ3v) is 3.36. The van der Waals surface area contributed by atoms with Gasteiger partial charge < -0.3 is 11.5 Å². The highest BCUT2D eigenvalue weighted by atomic mass is 15.3. The molecule has 0 saturated carbocycles. The number of hydrogen-bond acceptors (Lipinski definition) is 3. The van der Waals surface area contributed by atoms with Gasteiger partial charge in [-0.1, -0.05) is 12.1 Å². The average Bonchev–Trinajstić information content (AvgIpc) is 2.74. The fraction of sp³-hybridized carbons (Fsp3) is 0.143. The maximum atomic E-state index is 5.89. The standard InChI is InChI=1S/C14H16N5/c1-18-7-6-10(11-4-2-3-5-13(11)18)9-19-14(16)12(15)8-17-19/h2-8H,9,15-16H2,1H3/q+1. The van der Waals surface area contributed by atoms with Gasteiger partial charge in [0.2, 0.25) is 5.52 Å². The maximum absolute atomic E-state index is 5.89. The minimum atomic E-state index is 0.511. The van der Waals surface area contributed by atoms with Gasteiger partial charge >= 0.3 is 0 Å². The molecular weight excluding hydrogens is 238 g/mol. The Bertz CT molecular complexity index is 745. The van der Waals surface area contributed by atoms with Crippen LogP contribution >= 0.6 is 0 Å². The number of para-hydroxylation sites is 1. The Morgan fingerprint density at radius 2 is 2.00 bits per heavy atom. The van der Waals surface area contributed by atoms with Crippen LogP contribution in [0.25, 0.3) is 10.9 Å². The van der Waals surface area contributed by atoms with Crippen LogP contribution in [-0.2, 0) is 13.6 Å². The Kier molecular flexibility index (Phi) is 2.59. The number of anilines is 2. The molecule has 3 rings (SSSR count). The average molecular weight is 254 g/mol. The summed E-state index contributed by atoms with van der Waals surface area (Å²) in [6.45, 7) is 0.615. The molecule has 0 amide bonds. The van der Waals surface area contributed by atoms with Crippen LogP contribution in [0.2, 0.25) is 0 Å². The van der Waals surface area contributed by atoms with Gasteiger partial charge in [0.25, 0.3) is 0 Å². The highest BCUT2D eigenvalue weighted by Crippen LogP contribution is 2.19. The largest absolute Gasteiger partial charge is 0.394 e. The summed E-state index contributed by atoms with van der Waals surface area (Å²) in [5, 5.41) is 5.40. The summed E-state index contributed by atoms with van der Waals surface area (Å²) < 4.78 is 3.82. The summed E-state index contributed by atoms with van der Waals surface area (Å²) in [4.78, 5) is 0. The molecule has 0 bridgehead atoms. The van der Waals surface area contributed by atoms with Crippen molar-refractivity contribution < 1.29 is 4.57 Å². The Balaban J connectivity index is 2.11. The fourth-order valence-electron chi connectivity index (χ4n) is 2.26. The number of rotatable bonds is 2. The van der Waals surface area contributed by atoms with E-state index >= 15 is 0 Å². The first-order valence-corrected chi connectivity index (χ1v) is 6.10. The zero-order valence-electron chi connectivity index (χ0n) is 10.7. The van der Waals surface area contributed by atoms with Crippen molar-refractivity contribution in [3.05, 3.63) is 48.3 Å². The van der Waals surface area contributed by atoms with Gasteiger partial charge in [-0.15, -0.1) is 0 Å². The predicted molar refractivity (Wildman–Crippen MR) is 75.3 cm³/mol. The molecule has 5 nitrogen and oxygen atoms in total. The highest BCUT2D eigenvalue weighted by Gasteiger charge is 2.11. The number of pyridine rings is 1. The SMILES string of the molecule is C[n+]1ccc(Cn2ncc(N)c2N)c2ccccc21. The first kappa shape index (κ1) is 11.5. The van der Waals surface area contributed by atoms with E-state index in [-0.39, 0.29) is 0 Å². The van der Waals surface area contributed by atoms with Gasteiger partial charge in [-0.25, -0.2) is 9.25 Å². The quantitative estimate of drug-likeness (QED) is 0.672. The van der Waals surface area contributed by atoms with E-state index in [0.717, 1.165) is 0 Å². The second-order valence-corrected chi connectivity index (χ2v) is 4.61. The minimum Gasteiger partial charge on any atom is -0.394 e. The van der Waals surface area contributed by atoms with Crippen LogP contribution in [0.1, 0.15) is 5.56 Å². The number of hydrogen-bond donors (Lipinski definition) is 2. The predicted octanol–water partition coefficient (Wildman–Crippen LogP) is 1.07. The summed E-state index contributed by atoms with van der Waals surface area (Å²) in [5.74, 6) is 0.511. The lowest BCUT2D eigenvalue weighted by Gasteiger charge is -2.07. The molecule has 0 aliphatic rings. The molecule has 0 aliphatic carbocycles. The zero-order valence-corrected chi connectivity index (χ0v) is 10.7. The maximum Gasteiger partial charge on any atom is 0.212 e. The molecule has 0 unspecified atom stereocenters. The van der Waals surface area contributed by atoms with E-state index < -0.39 is 0 Å². The van der Waals surface area contributed by atoms with Crippen LogP contribution < -0.4 is 16.0 Å². The molecule has 0 saturated heterocycles. The van der Waals surface area contributed by atoms with Crippen molar-refractivity contribution in [1.29, 1.82) is 0 Å². The van der Waals surface area contributed by atoms with Crippen molar-refractivity contribution in [2.75, 3.05) is 11.5 Å². The molecule has 96 valence electrons. The summed E-state index contributed by atoms with van der Waals surface area (Å²) in [5.41, 5.74) is 14.5. The topological polar surface area (TPSA) is 73.7 Å². The molecule has 1 aromatic carbocycles. The lowest BCUT2D eigenvalue weighted by atomic mass is 10.1. The third-order valence-electron chi connectivity index (χ3n) is 3.36. The Hall–Kier alpha value is -2.56. The molecule has 0 radical (unpaired) electrons. The van der Waals surface area contributed by atoms with Crippen molar-refractivity contribution in [3.63, 3.8) is 0 Å². The monoisotopic (exact) mass is 254 g/mol. The number of nitrogens with two attached hydrogens (primary N) is 2. The summed E-state index contributed by atoms with van der Waals surface area (Å²) in [7, 11) is 2.03. The summed E-state index contributed by atoms with van der Waals surface area (Å²) in [6, 6.07) is 10.4. The second kappa shape index (κ2) is 4.28. The van der Waals surface area contributed by atoms with Crippen molar-refractivity contribution in [2.24, 2.45) is 7.05 Å². The van der Waals surface area contributed by atoms with Gasteiger partial charge in [0.1, 0.15) is 12.9 Å². The van der Waals surface area contributed by atoms with E-state index in [4.69, 9.17) is 11.5 Å². The van der Waals surface area contributed by atoms with E-state index in [1.807, 2.05) is 25.4 Å². The normalized spacial score (nSPS) is 11.0. The number of aryl methyl sites for hydroxylation is 1. The molecule has 2 aromatic heterocycles. The van der Waals surface area contributed by atoms with E-state index in [0.29, 0.717) is 18.1 Å². The summed E-state index contributed by atoms with van der Waals surface area (Å²) >= 11 is 0. The lowest BCUT2D eigenvalue weighted by molar-refractivity contribution is -0.644. The van der Waals surface area contributed by atoms with Gasteiger partial charge in [0, 0.05) is 12.1 Å². The number of fused-ring (bicyclic) bond motifs is 1. The Labute approximate surface area is 111 Å². The first-order chi connectivity index (χ1) is 9.16. The Morgan fingerprint density at radius 3 is 2.74 bits per heavy atom. The van der Waals surface area contributed by atoms with Crippen LogP contribution in [0.3, 0.4) is 0 Å². The molecule has 0 fully saturated rings. The van der Waals surface area contributed by atoms with Gasteiger partial charge in [-0.3, -0.25) is 0 Å². The third kappa shape index (κ3) is 1.89. The van der Waals surface area contributed by atoms with E-state index in [9.17, 15) is 0 Å². The van der Waals surface area contributed by atoms with Crippen molar-refractivity contribution in [2.45, 2.75) is 6.54 Å². The zero-order chi connectivity index (χ0) is 13.4. The molecule has 4 N–H and O–H groups in total. The molecule has 19 heavy (non-hydrogen) atoms. The van der Waals surface area contributed by atoms with Crippen molar-refractivity contribution in [1.82, 2.24) is 9.78 Å². The summed E-state index contributed by atoms with van der Waals surface area (Å²) in [6.07, 6.45) is 3.63. The van der Waals surface area contributed by atoms with Crippen LogP contribution in [0.4, 0.5) is 11.5 Å². The van der Waals surface area contributed by atoms with Gasteiger partial charge in [0.05, 0.1) is 23.8 Å². The molecule has 0 atom stereocenters. The molecule has 0 spiro atoms. The number of benzene rings is 1. The van der Waals surface area contributed by atoms with Gasteiger partial charge in [0.15, 0.2) is 6.20 Å².